The Morgan fingerprint density at radius 3 is 1.47 bits per heavy atom. The maximum atomic E-state index is 12.1. The van der Waals surface area contributed by atoms with Gasteiger partial charge in [-0.25, -0.2) is 0 Å². The van der Waals surface area contributed by atoms with Gasteiger partial charge in [-0.2, -0.15) is 0 Å². The Hall–Kier alpha value is -0.860. The van der Waals surface area contributed by atoms with E-state index in [1.54, 1.807) is 0 Å². The van der Waals surface area contributed by atoms with Crippen molar-refractivity contribution in [3.05, 3.63) is 0 Å². The number of fused-ring (bicyclic) bond motifs is 1. The summed E-state index contributed by atoms with van der Waals surface area (Å²) in [5.41, 5.74) is -0.997. The molecule has 2 fully saturated rings. The summed E-state index contributed by atoms with van der Waals surface area (Å²) in [6.45, 7) is 9.75. The molecule has 0 aromatic heterocycles. The van der Waals surface area contributed by atoms with Gasteiger partial charge in [-0.3, -0.25) is 14.5 Å². The molecule has 2 amide bonds. The van der Waals surface area contributed by atoms with Crippen LogP contribution in [0.3, 0.4) is 0 Å². The van der Waals surface area contributed by atoms with Gasteiger partial charge in [0.25, 0.3) is 0 Å². The first kappa shape index (κ1) is 10.7. The van der Waals surface area contributed by atoms with Gasteiger partial charge in [0.2, 0.25) is 11.8 Å². The lowest BCUT2D eigenvalue weighted by atomic mass is 9.77. The molecule has 2 rings (SSSR count). The van der Waals surface area contributed by atoms with Crippen LogP contribution < -0.4 is 0 Å². The molecule has 0 atom stereocenters. The normalized spacial score (nSPS) is 30.9. The molecule has 0 radical (unpaired) electrons. The SMILES string of the molecule is CC1(C)CC2(C)CC(C)(C)C(=O)N2C1=O. The molecule has 2 saturated heterocycles. The molecule has 0 bridgehead atoms. The molecule has 0 aromatic rings. The second kappa shape index (κ2) is 2.45. The van der Waals surface area contributed by atoms with Gasteiger partial charge in [0.15, 0.2) is 0 Å². The van der Waals surface area contributed by atoms with E-state index in [0.29, 0.717) is 0 Å². The van der Waals surface area contributed by atoms with E-state index in [2.05, 4.69) is 0 Å². The van der Waals surface area contributed by atoms with E-state index >= 15 is 0 Å². The quantitative estimate of drug-likeness (QED) is 0.572. The van der Waals surface area contributed by atoms with Crippen LogP contribution in [0, 0.1) is 10.8 Å². The molecule has 84 valence electrons. The minimum Gasteiger partial charge on any atom is -0.276 e. The van der Waals surface area contributed by atoms with Crippen molar-refractivity contribution >= 4 is 11.8 Å². The van der Waals surface area contributed by atoms with Crippen LogP contribution in [0.15, 0.2) is 0 Å². The molecular formula is C12H19NO2. The summed E-state index contributed by atoms with van der Waals surface area (Å²) >= 11 is 0. The van der Waals surface area contributed by atoms with E-state index < -0.39 is 0 Å². The van der Waals surface area contributed by atoms with E-state index in [1.165, 1.54) is 4.90 Å². The molecule has 2 aliphatic rings. The van der Waals surface area contributed by atoms with Gasteiger partial charge >= 0.3 is 0 Å². The summed E-state index contributed by atoms with van der Waals surface area (Å²) in [4.78, 5) is 25.8. The van der Waals surface area contributed by atoms with Crippen molar-refractivity contribution in [3.8, 4) is 0 Å². The zero-order valence-electron chi connectivity index (χ0n) is 10.2. The molecule has 2 aliphatic heterocycles. The van der Waals surface area contributed by atoms with E-state index in [4.69, 9.17) is 0 Å². The molecule has 0 saturated carbocycles. The average Bonchev–Trinajstić information content (AvgIpc) is 2.25. The van der Waals surface area contributed by atoms with E-state index in [-0.39, 0.29) is 28.2 Å². The van der Waals surface area contributed by atoms with Crippen molar-refractivity contribution in [1.82, 2.24) is 4.90 Å². The highest BCUT2D eigenvalue weighted by Gasteiger charge is 2.63. The molecule has 0 unspecified atom stereocenters. The molecule has 3 nitrogen and oxygen atoms in total. The zero-order valence-corrected chi connectivity index (χ0v) is 10.2. The molecule has 0 N–H and O–H groups in total. The summed E-state index contributed by atoms with van der Waals surface area (Å²) in [6.07, 6.45) is 1.57. The first-order valence-corrected chi connectivity index (χ1v) is 5.49. The Bertz CT molecular complexity index is 325. The smallest absolute Gasteiger partial charge is 0.235 e. The lowest BCUT2D eigenvalue weighted by Gasteiger charge is -2.25. The second-order valence-corrected chi connectivity index (χ2v) is 6.56. The first-order chi connectivity index (χ1) is 6.60. The fourth-order valence-electron chi connectivity index (χ4n) is 3.46. The number of carbonyl (C=O) groups excluding carboxylic acids is 2. The van der Waals surface area contributed by atoms with E-state index in [0.717, 1.165) is 12.8 Å². The van der Waals surface area contributed by atoms with Gasteiger partial charge in [0.1, 0.15) is 0 Å². The minimum atomic E-state index is -0.374. The molecule has 0 aromatic carbocycles. The van der Waals surface area contributed by atoms with Crippen LogP contribution in [0.4, 0.5) is 0 Å². The summed E-state index contributed by atoms with van der Waals surface area (Å²) < 4.78 is 0. The number of nitrogens with zero attached hydrogens (tertiary/aromatic N) is 1. The molecular weight excluding hydrogens is 190 g/mol. The third-order valence-corrected chi connectivity index (χ3v) is 3.75. The summed E-state index contributed by atoms with van der Waals surface area (Å²) in [6, 6.07) is 0. The van der Waals surface area contributed by atoms with Crippen molar-refractivity contribution in [2.24, 2.45) is 10.8 Å². The fourth-order valence-corrected chi connectivity index (χ4v) is 3.46. The van der Waals surface area contributed by atoms with Crippen LogP contribution in [0.1, 0.15) is 47.5 Å². The average molecular weight is 209 g/mol. The number of imide groups is 1. The maximum absolute atomic E-state index is 12.1. The number of hydrogen-bond acceptors (Lipinski definition) is 2. The molecule has 0 aliphatic carbocycles. The van der Waals surface area contributed by atoms with Gasteiger partial charge in [0, 0.05) is 16.4 Å². The summed E-state index contributed by atoms with van der Waals surface area (Å²) in [7, 11) is 0. The predicted molar refractivity (Wildman–Crippen MR) is 57.1 cm³/mol. The number of hydrogen-bond donors (Lipinski definition) is 0. The third-order valence-electron chi connectivity index (χ3n) is 3.75. The topological polar surface area (TPSA) is 37.4 Å². The maximum Gasteiger partial charge on any atom is 0.235 e. The Kier molecular flexibility index (Phi) is 1.74. The predicted octanol–water partition coefficient (Wildman–Crippen LogP) is 1.96. The monoisotopic (exact) mass is 209 g/mol. The molecule has 2 heterocycles. The Labute approximate surface area is 90.8 Å². The Morgan fingerprint density at radius 2 is 1.20 bits per heavy atom. The van der Waals surface area contributed by atoms with Gasteiger partial charge in [0.05, 0.1) is 0 Å². The van der Waals surface area contributed by atoms with E-state index in [1.807, 2.05) is 34.6 Å². The van der Waals surface area contributed by atoms with Crippen LogP contribution in [-0.4, -0.2) is 22.3 Å². The standard InChI is InChI=1S/C12H19NO2/c1-10(2)6-12(5)7-11(3,4)9(15)13(12)8(10)14/h6-7H2,1-5H3. The number of rotatable bonds is 0. The van der Waals surface area contributed by atoms with Crippen LogP contribution in [0.5, 0.6) is 0 Å². The lowest BCUT2D eigenvalue weighted by molar-refractivity contribution is -0.148. The third kappa shape index (κ3) is 1.18. The highest BCUT2D eigenvalue weighted by Crippen LogP contribution is 2.53. The summed E-state index contributed by atoms with van der Waals surface area (Å²) in [5.74, 6) is 0.00106. The molecule has 15 heavy (non-hydrogen) atoms. The van der Waals surface area contributed by atoms with Gasteiger partial charge in [-0.05, 0) is 19.8 Å². The highest BCUT2D eigenvalue weighted by molar-refractivity contribution is 6.04. The molecule has 0 spiro atoms. The molecule has 3 heteroatoms. The fraction of sp³-hybridized carbons (Fsp3) is 0.833. The van der Waals surface area contributed by atoms with Crippen molar-refractivity contribution in [2.45, 2.75) is 53.0 Å². The van der Waals surface area contributed by atoms with E-state index in [9.17, 15) is 9.59 Å². The Morgan fingerprint density at radius 1 is 0.867 bits per heavy atom. The second-order valence-electron chi connectivity index (χ2n) is 6.56. The van der Waals surface area contributed by atoms with Gasteiger partial charge < -0.3 is 0 Å². The van der Waals surface area contributed by atoms with Crippen LogP contribution in [-0.2, 0) is 9.59 Å². The Balaban J connectivity index is 2.47. The van der Waals surface area contributed by atoms with Crippen molar-refractivity contribution in [1.29, 1.82) is 0 Å². The minimum absolute atomic E-state index is 0.000532. The van der Waals surface area contributed by atoms with Crippen molar-refractivity contribution in [3.63, 3.8) is 0 Å². The largest absolute Gasteiger partial charge is 0.276 e. The first-order valence-electron chi connectivity index (χ1n) is 5.49. The van der Waals surface area contributed by atoms with Gasteiger partial charge in [-0.1, -0.05) is 27.7 Å². The van der Waals surface area contributed by atoms with Crippen LogP contribution in [0.2, 0.25) is 0 Å². The lowest BCUT2D eigenvalue weighted by Crippen LogP contribution is -2.42. The van der Waals surface area contributed by atoms with Crippen molar-refractivity contribution < 1.29 is 9.59 Å². The van der Waals surface area contributed by atoms with Gasteiger partial charge in [-0.15, -0.1) is 0 Å². The highest BCUT2D eigenvalue weighted by atomic mass is 16.2. The number of amides is 2. The summed E-state index contributed by atoms with van der Waals surface area (Å²) in [5, 5.41) is 0. The van der Waals surface area contributed by atoms with Crippen LogP contribution >= 0.6 is 0 Å². The number of carbonyl (C=O) groups is 2. The van der Waals surface area contributed by atoms with Crippen molar-refractivity contribution in [2.75, 3.05) is 0 Å². The van der Waals surface area contributed by atoms with Crippen LogP contribution in [0.25, 0.3) is 0 Å². The zero-order chi connectivity index (χ0) is 11.6.